The number of nitrogens with one attached hydrogen (secondary N) is 1. The van der Waals surface area contributed by atoms with Gasteiger partial charge in [-0.25, -0.2) is 0 Å². The highest BCUT2D eigenvalue weighted by Gasteiger charge is 2.29. The Kier molecular flexibility index (Phi) is 4.59. The van der Waals surface area contributed by atoms with Gasteiger partial charge < -0.3 is 10.1 Å². The average molecular weight is 382 g/mol. The van der Waals surface area contributed by atoms with E-state index < -0.39 is 16.8 Å². The lowest BCUT2D eigenvalue weighted by Crippen LogP contribution is -2.32. The van der Waals surface area contributed by atoms with Gasteiger partial charge in [0.15, 0.2) is 6.73 Å². The van der Waals surface area contributed by atoms with Crippen LogP contribution < -0.4 is 10.9 Å². The molecule has 1 aliphatic rings. The van der Waals surface area contributed by atoms with E-state index in [0.717, 1.165) is 15.3 Å². The van der Waals surface area contributed by atoms with Crippen LogP contribution in [-0.4, -0.2) is 32.1 Å². The van der Waals surface area contributed by atoms with E-state index in [9.17, 15) is 14.4 Å². The minimum Gasteiger partial charge on any atom is -0.442 e. The molecule has 0 aliphatic carbocycles. The number of hydrogen-bond donors (Lipinski definition) is 1. The molecule has 0 spiro atoms. The number of carbonyl (C=O) groups is 2. The SMILES string of the molecule is O=C(C[C@@H]1Sc2ccccc2NC1=O)OCn1nnc2ccccc2c1=O. The third-order valence-corrected chi connectivity index (χ3v) is 5.31. The van der Waals surface area contributed by atoms with Crippen LogP contribution in [0, 0.1) is 0 Å². The molecule has 1 amide bonds. The lowest BCUT2D eigenvalue weighted by Gasteiger charge is -2.23. The number of thioether (sulfide) groups is 1. The van der Waals surface area contributed by atoms with Crippen molar-refractivity contribution >= 4 is 40.2 Å². The molecule has 0 radical (unpaired) electrons. The number of carbonyl (C=O) groups excluding carboxylic acids is 2. The highest BCUT2D eigenvalue weighted by molar-refractivity contribution is 8.01. The van der Waals surface area contributed by atoms with Crippen LogP contribution in [0.15, 0.2) is 58.2 Å². The fraction of sp³-hybridized carbons (Fsp3) is 0.167. The number of fused-ring (bicyclic) bond motifs is 2. The van der Waals surface area contributed by atoms with Crippen LogP contribution in [-0.2, 0) is 21.1 Å². The van der Waals surface area contributed by atoms with E-state index >= 15 is 0 Å². The van der Waals surface area contributed by atoms with Crippen LogP contribution in [0.5, 0.6) is 0 Å². The second-order valence-electron chi connectivity index (χ2n) is 5.85. The van der Waals surface area contributed by atoms with Gasteiger partial charge in [0.2, 0.25) is 5.91 Å². The number of para-hydroxylation sites is 1. The largest absolute Gasteiger partial charge is 0.442 e. The molecule has 136 valence electrons. The third-order valence-electron chi connectivity index (χ3n) is 4.04. The van der Waals surface area contributed by atoms with Gasteiger partial charge in [0.25, 0.3) is 5.56 Å². The quantitative estimate of drug-likeness (QED) is 0.686. The Morgan fingerprint density at radius 2 is 1.93 bits per heavy atom. The molecule has 4 rings (SSSR count). The van der Waals surface area contributed by atoms with E-state index in [1.807, 2.05) is 18.2 Å². The number of ether oxygens (including phenoxy) is 1. The number of nitrogens with zero attached hydrogens (tertiary/aromatic N) is 3. The molecule has 27 heavy (non-hydrogen) atoms. The van der Waals surface area contributed by atoms with Gasteiger partial charge in [0, 0.05) is 4.90 Å². The minimum atomic E-state index is -0.594. The predicted octanol–water partition coefficient (Wildman–Crippen LogP) is 1.80. The molecule has 1 N–H and O–H groups in total. The van der Waals surface area contributed by atoms with Gasteiger partial charge in [-0.05, 0) is 24.3 Å². The van der Waals surface area contributed by atoms with Gasteiger partial charge in [0.1, 0.15) is 5.52 Å². The van der Waals surface area contributed by atoms with Gasteiger partial charge >= 0.3 is 5.97 Å². The maximum Gasteiger partial charge on any atom is 0.309 e. The fourth-order valence-electron chi connectivity index (χ4n) is 2.68. The lowest BCUT2D eigenvalue weighted by molar-refractivity contribution is -0.148. The normalized spacial score (nSPS) is 15.9. The molecular formula is C18H14N4O4S. The molecule has 0 fully saturated rings. The van der Waals surface area contributed by atoms with Crippen molar-refractivity contribution in [3.8, 4) is 0 Å². The summed E-state index contributed by atoms with van der Waals surface area (Å²) < 4.78 is 6.10. The predicted molar refractivity (Wildman–Crippen MR) is 99.2 cm³/mol. The van der Waals surface area contributed by atoms with Crippen molar-refractivity contribution in [3.05, 3.63) is 58.9 Å². The van der Waals surface area contributed by atoms with Crippen molar-refractivity contribution in [2.24, 2.45) is 0 Å². The molecule has 2 aromatic carbocycles. The number of anilines is 1. The van der Waals surface area contributed by atoms with Crippen molar-refractivity contribution in [1.82, 2.24) is 15.0 Å². The molecule has 1 aliphatic heterocycles. The molecule has 1 atom stereocenters. The van der Waals surface area contributed by atoms with E-state index in [1.54, 1.807) is 30.3 Å². The molecule has 0 bridgehead atoms. The first-order valence-corrected chi connectivity index (χ1v) is 9.04. The van der Waals surface area contributed by atoms with Gasteiger partial charge in [-0.15, -0.1) is 16.9 Å². The second kappa shape index (κ2) is 7.20. The lowest BCUT2D eigenvalue weighted by atomic mass is 10.2. The molecule has 0 saturated heterocycles. The van der Waals surface area contributed by atoms with E-state index in [2.05, 4.69) is 15.6 Å². The Balaban J connectivity index is 1.41. The van der Waals surface area contributed by atoms with Gasteiger partial charge in [0.05, 0.1) is 22.7 Å². The maximum absolute atomic E-state index is 12.3. The molecular weight excluding hydrogens is 368 g/mol. The van der Waals surface area contributed by atoms with Crippen molar-refractivity contribution in [2.75, 3.05) is 5.32 Å². The van der Waals surface area contributed by atoms with Gasteiger partial charge in [-0.3, -0.25) is 14.4 Å². The number of benzene rings is 2. The van der Waals surface area contributed by atoms with E-state index in [-0.39, 0.29) is 19.1 Å². The molecule has 8 nitrogen and oxygen atoms in total. The second-order valence-corrected chi connectivity index (χ2v) is 7.10. The number of esters is 1. The van der Waals surface area contributed by atoms with Crippen molar-refractivity contribution in [3.63, 3.8) is 0 Å². The summed E-state index contributed by atoms with van der Waals surface area (Å²) >= 11 is 1.31. The third kappa shape index (κ3) is 3.54. The van der Waals surface area contributed by atoms with Crippen LogP contribution in [0.25, 0.3) is 10.9 Å². The number of rotatable bonds is 4. The summed E-state index contributed by atoms with van der Waals surface area (Å²) in [6.45, 7) is -0.356. The molecule has 9 heteroatoms. The molecule has 1 aromatic heterocycles. The van der Waals surface area contributed by atoms with Crippen molar-refractivity contribution < 1.29 is 14.3 Å². The van der Waals surface area contributed by atoms with Crippen LogP contribution in [0.2, 0.25) is 0 Å². The highest BCUT2D eigenvalue weighted by atomic mass is 32.2. The molecule has 2 heterocycles. The van der Waals surface area contributed by atoms with Gasteiger partial charge in [-0.1, -0.05) is 29.5 Å². The van der Waals surface area contributed by atoms with Crippen LogP contribution in [0.4, 0.5) is 5.69 Å². The molecule has 0 saturated carbocycles. The monoisotopic (exact) mass is 382 g/mol. The smallest absolute Gasteiger partial charge is 0.309 e. The Morgan fingerprint density at radius 1 is 1.15 bits per heavy atom. The topological polar surface area (TPSA) is 103 Å². The summed E-state index contributed by atoms with van der Waals surface area (Å²) in [5.74, 6) is -0.845. The zero-order chi connectivity index (χ0) is 18.8. The summed E-state index contributed by atoms with van der Waals surface area (Å²) in [5.41, 5.74) is 0.807. The van der Waals surface area contributed by atoms with Crippen LogP contribution >= 0.6 is 11.8 Å². The average Bonchev–Trinajstić information content (AvgIpc) is 2.68. The van der Waals surface area contributed by atoms with E-state index in [1.165, 1.54) is 11.8 Å². The first-order chi connectivity index (χ1) is 13.1. The first-order valence-electron chi connectivity index (χ1n) is 8.16. The Bertz CT molecular complexity index is 1100. The number of amides is 1. The zero-order valence-electron chi connectivity index (χ0n) is 14.0. The van der Waals surface area contributed by atoms with Gasteiger partial charge in [-0.2, -0.15) is 4.68 Å². The van der Waals surface area contributed by atoms with E-state index in [0.29, 0.717) is 10.9 Å². The number of aromatic nitrogens is 3. The summed E-state index contributed by atoms with van der Waals surface area (Å²) in [6, 6.07) is 14.2. The van der Waals surface area contributed by atoms with Crippen LogP contribution in [0.3, 0.4) is 0 Å². The summed E-state index contributed by atoms with van der Waals surface area (Å²) in [5, 5.41) is 10.3. The van der Waals surface area contributed by atoms with Crippen molar-refractivity contribution in [2.45, 2.75) is 23.3 Å². The molecule has 3 aromatic rings. The molecule has 0 unspecified atom stereocenters. The minimum absolute atomic E-state index is 0.111. The Morgan fingerprint density at radius 3 is 2.81 bits per heavy atom. The Labute approximate surface area is 157 Å². The summed E-state index contributed by atoms with van der Waals surface area (Å²) in [7, 11) is 0. The van der Waals surface area contributed by atoms with E-state index in [4.69, 9.17) is 4.74 Å². The zero-order valence-corrected chi connectivity index (χ0v) is 14.8. The maximum atomic E-state index is 12.3. The fourth-order valence-corrected chi connectivity index (χ4v) is 3.77. The Hall–Kier alpha value is -3.20. The van der Waals surface area contributed by atoms with Crippen molar-refractivity contribution in [1.29, 1.82) is 0 Å². The number of hydrogen-bond acceptors (Lipinski definition) is 7. The highest BCUT2D eigenvalue weighted by Crippen LogP contribution is 2.36. The first kappa shape index (κ1) is 17.2. The summed E-state index contributed by atoms with van der Waals surface area (Å²) in [6.07, 6.45) is -0.111. The summed E-state index contributed by atoms with van der Waals surface area (Å²) in [4.78, 5) is 37.5. The van der Waals surface area contributed by atoms with Crippen LogP contribution in [0.1, 0.15) is 6.42 Å². The standard InChI is InChI=1S/C18H14N4O4S/c23-16(9-15-17(24)19-13-7-3-4-8-14(13)27-15)26-10-22-18(25)11-5-1-2-6-12(11)20-21-22/h1-8,15H,9-10H2,(H,19,24)/t15-/m0/s1.